The van der Waals surface area contributed by atoms with Crippen molar-refractivity contribution in [2.75, 3.05) is 7.11 Å². The minimum atomic E-state index is -1.12. The molecule has 0 aliphatic rings. The highest BCUT2D eigenvalue weighted by molar-refractivity contribution is 6.14. The van der Waals surface area contributed by atoms with Gasteiger partial charge in [-0.25, -0.2) is 13.6 Å². The number of rotatable bonds is 3. The van der Waals surface area contributed by atoms with Gasteiger partial charge in [-0.3, -0.25) is 4.79 Å². The number of ketones is 1. The summed E-state index contributed by atoms with van der Waals surface area (Å²) in [5.74, 6) is -3.41. The lowest BCUT2D eigenvalue weighted by molar-refractivity contribution is 0.0597. The fourth-order valence-electron chi connectivity index (χ4n) is 1.76. The third kappa shape index (κ3) is 2.56. The first-order valence-corrected chi connectivity index (χ1v) is 5.71. The minimum absolute atomic E-state index is 0.0414. The Bertz CT molecular complexity index is 681. The van der Waals surface area contributed by atoms with Gasteiger partial charge >= 0.3 is 5.97 Å². The highest BCUT2D eigenvalue weighted by atomic mass is 19.2. The van der Waals surface area contributed by atoms with Gasteiger partial charge in [0.15, 0.2) is 17.4 Å². The monoisotopic (exact) mass is 276 g/mol. The van der Waals surface area contributed by atoms with E-state index >= 15 is 0 Å². The van der Waals surface area contributed by atoms with Gasteiger partial charge < -0.3 is 4.74 Å². The van der Waals surface area contributed by atoms with Gasteiger partial charge in [-0.2, -0.15) is 0 Å². The normalized spacial score (nSPS) is 10.2. The Morgan fingerprint density at radius 2 is 1.60 bits per heavy atom. The molecule has 0 heterocycles. The molecule has 0 unspecified atom stereocenters. The van der Waals surface area contributed by atoms with E-state index in [1.54, 1.807) is 12.1 Å². The maximum absolute atomic E-state index is 13.2. The molecule has 2 aromatic carbocycles. The zero-order chi connectivity index (χ0) is 14.7. The summed E-state index contributed by atoms with van der Waals surface area (Å²) in [5.41, 5.74) is 0.107. The van der Waals surface area contributed by atoms with Crippen LogP contribution in [0.15, 0.2) is 42.5 Å². The molecule has 0 atom stereocenters. The summed E-state index contributed by atoms with van der Waals surface area (Å²) >= 11 is 0. The van der Waals surface area contributed by atoms with Crippen molar-refractivity contribution in [3.8, 4) is 0 Å². The molecule has 0 aliphatic carbocycles. The van der Waals surface area contributed by atoms with Crippen molar-refractivity contribution >= 4 is 11.8 Å². The molecule has 2 rings (SSSR count). The van der Waals surface area contributed by atoms with E-state index in [1.165, 1.54) is 19.2 Å². The Balaban J connectivity index is 2.48. The van der Waals surface area contributed by atoms with Gasteiger partial charge in [-0.1, -0.05) is 18.2 Å². The molecule has 0 saturated heterocycles. The molecule has 3 nitrogen and oxygen atoms in total. The summed E-state index contributed by atoms with van der Waals surface area (Å²) < 4.78 is 30.6. The molecule has 0 aromatic heterocycles. The Labute approximate surface area is 113 Å². The Morgan fingerprint density at radius 3 is 2.20 bits per heavy atom. The highest BCUT2D eigenvalue weighted by Gasteiger charge is 2.19. The van der Waals surface area contributed by atoms with E-state index in [0.29, 0.717) is 0 Å². The second-order valence-electron chi connectivity index (χ2n) is 4.00. The van der Waals surface area contributed by atoms with E-state index in [-0.39, 0.29) is 16.7 Å². The number of hydrogen-bond acceptors (Lipinski definition) is 3. The lowest BCUT2D eigenvalue weighted by atomic mass is 9.98. The summed E-state index contributed by atoms with van der Waals surface area (Å²) in [7, 11) is 1.20. The van der Waals surface area contributed by atoms with Gasteiger partial charge in [-0.05, 0) is 24.3 Å². The molecule has 5 heteroatoms. The second kappa shape index (κ2) is 5.61. The van der Waals surface area contributed by atoms with Crippen molar-refractivity contribution in [1.29, 1.82) is 0 Å². The van der Waals surface area contributed by atoms with Crippen LogP contribution in [0.25, 0.3) is 0 Å². The summed E-state index contributed by atoms with van der Waals surface area (Å²) in [6, 6.07) is 8.83. The molecule has 0 saturated carbocycles. The van der Waals surface area contributed by atoms with Crippen molar-refractivity contribution in [2.24, 2.45) is 0 Å². The molecule has 0 radical (unpaired) electrons. The first-order valence-electron chi connectivity index (χ1n) is 5.71. The van der Waals surface area contributed by atoms with Gasteiger partial charge in [-0.15, -0.1) is 0 Å². The maximum Gasteiger partial charge on any atom is 0.338 e. The van der Waals surface area contributed by atoms with E-state index in [0.717, 1.165) is 18.2 Å². The van der Waals surface area contributed by atoms with Crippen LogP contribution >= 0.6 is 0 Å². The number of ether oxygens (including phenoxy) is 1. The maximum atomic E-state index is 13.2. The molecule has 0 amide bonds. The topological polar surface area (TPSA) is 43.4 Å². The lowest BCUT2D eigenvalue weighted by Gasteiger charge is -2.07. The standard InChI is InChI=1S/C15H10F2O3/c1-20-15(19)11-5-3-2-4-10(11)14(18)9-6-7-12(16)13(17)8-9/h2-8H,1H3. The predicted molar refractivity (Wildman–Crippen MR) is 67.6 cm³/mol. The van der Waals surface area contributed by atoms with Crippen LogP contribution in [0.4, 0.5) is 8.78 Å². The van der Waals surface area contributed by atoms with E-state index < -0.39 is 23.4 Å². The fourth-order valence-corrected chi connectivity index (χ4v) is 1.76. The molecule has 20 heavy (non-hydrogen) atoms. The van der Waals surface area contributed by atoms with Gasteiger partial charge in [0.05, 0.1) is 12.7 Å². The summed E-state index contributed by atoms with van der Waals surface area (Å²) in [4.78, 5) is 23.8. The van der Waals surface area contributed by atoms with Crippen LogP contribution in [-0.2, 0) is 4.74 Å². The summed E-state index contributed by atoms with van der Waals surface area (Å²) in [6.45, 7) is 0. The van der Waals surface area contributed by atoms with Crippen LogP contribution in [0.2, 0.25) is 0 Å². The number of benzene rings is 2. The smallest absolute Gasteiger partial charge is 0.338 e. The fraction of sp³-hybridized carbons (Fsp3) is 0.0667. The van der Waals surface area contributed by atoms with Crippen molar-refractivity contribution in [3.05, 3.63) is 70.8 Å². The number of carbonyl (C=O) groups is 2. The van der Waals surface area contributed by atoms with E-state index in [4.69, 9.17) is 0 Å². The van der Waals surface area contributed by atoms with Crippen LogP contribution < -0.4 is 0 Å². The summed E-state index contributed by atoms with van der Waals surface area (Å²) in [6.07, 6.45) is 0. The zero-order valence-corrected chi connectivity index (χ0v) is 10.5. The molecular formula is C15H10F2O3. The highest BCUT2D eigenvalue weighted by Crippen LogP contribution is 2.17. The van der Waals surface area contributed by atoms with Crippen molar-refractivity contribution in [3.63, 3.8) is 0 Å². The van der Waals surface area contributed by atoms with Crippen LogP contribution in [0.3, 0.4) is 0 Å². The SMILES string of the molecule is COC(=O)c1ccccc1C(=O)c1ccc(F)c(F)c1. The average Bonchev–Trinajstić information content (AvgIpc) is 2.48. The first-order chi connectivity index (χ1) is 9.54. The number of esters is 1. The third-order valence-electron chi connectivity index (χ3n) is 2.76. The van der Waals surface area contributed by atoms with Gasteiger partial charge in [0.2, 0.25) is 0 Å². The zero-order valence-electron chi connectivity index (χ0n) is 10.5. The predicted octanol–water partition coefficient (Wildman–Crippen LogP) is 2.98. The summed E-state index contributed by atoms with van der Waals surface area (Å²) in [5, 5.41) is 0. The van der Waals surface area contributed by atoms with Crippen LogP contribution in [-0.4, -0.2) is 18.9 Å². The molecular weight excluding hydrogens is 266 g/mol. The quantitative estimate of drug-likeness (QED) is 0.639. The van der Waals surface area contributed by atoms with Crippen LogP contribution in [0.5, 0.6) is 0 Å². The minimum Gasteiger partial charge on any atom is -0.465 e. The van der Waals surface area contributed by atoms with E-state index in [1.807, 2.05) is 0 Å². The molecule has 0 bridgehead atoms. The van der Waals surface area contributed by atoms with Crippen LogP contribution in [0, 0.1) is 11.6 Å². The van der Waals surface area contributed by atoms with Crippen molar-refractivity contribution in [1.82, 2.24) is 0 Å². The Kier molecular flexibility index (Phi) is 3.89. The largest absolute Gasteiger partial charge is 0.465 e. The van der Waals surface area contributed by atoms with Crippen molar-refractivity contribution in [2.45, 2.75) is 0 Å². The molecule has 2 aromatic rings. The van der Waals surface area contributed by atoms with Gasteiger partial charge in [0.25, 0.3) is 0 Å². The van der Waals surface area contributed by atoms with Gasteiger partial charge in [0, 0.05) is 11.1 Å². The number of carbonyl (C=O) groups excluding carboxylic acids is 2. The number of halogens is 2. The first kappa shape index (κ1) is 13.9. The number of methoxy groups -OCH3 is 1. The Morgan fingerprint density at radius 1 is 0.950 bits per heavy atom. The third-order valence-corrected chi connectivity index (χ3v) is 2.76. The van der Waals surface area contributed by atoms with Gasteiger partial charge in [0.1, 0.15) is 0 Å². The molecule has 0 fully saturated rings. The second-order valence-corrected chi connectivity index (χ2v) is 4.00. The Hall–Kier alpha value is -2.56. The van der Waals surface area contributed by atoms with Crippen LogP contribution in [0.1, 0.15) is 26.3 Å². The molecule has 0 spiro atoms. The van der Waals surface area contributed by atoms with Crippen molar-refractivity contribution < 1.29 is 23.1 Å². The molecule has 0 aliphatic heterocycles. The molecule has 0 N–H and O–H groups in total. The molecule has 102 valence electrons. The van der Waals surface area contributed by atoms with E-state index in [2.05, 4.69) is 4.74 Å². The average molecular weight is 276 g/mol. The van der Waals surface area contributed by atoms with E-state index in [9.17, 15) is 18.4 Å². The lowest BCUT2D eigenvalue weighted by Crippen LogP contribution is -2.11. The number of hydrogen-bond donors (Lipinski definition) is 0.